The lowest BCUT2D eigenvalue weighted by Gasteiger charge is -2.11. The van der Waals surface area contributed by atoms with E-state index in [0.717, 1.165) is 5.56 Å². The topological polar surface area (TPSA) is 94.2 Å². The van der Waals surface area contributed by atoms with Gasteiger partial charge in [-0.05, 0) is 42.5 Å². The van der Waals surface area contributed by atoms with E-state index in [4.69, 9.17) is 15.2 Å². The standard InChI is InChI=1S/C16H19N3O4S/c1-4-22-12-7-10(5-6-11(12)23-9-14(17)20)8-13-15(21)19(3)16(18-2)24-13/h5-8H,4,9H2,1-3H3,(H2,17,20)/b13-8+,18-16?. The molecule has 0 aliphatic carbocycles. The average Bonchev–Trinajstić information content (AvgIpc) is 2.82. The summed E-state index contributed by atoms with van der Waals surface area (Å²) in [5, 5.41) is 0.651. The van der Waals surface area contributed by atoms with Crippen molar-refractivity contribution < 1.29 is 19.1 Å². The summed E-state index contributed by atoms with van der Waals surface area (Å²) in [6.07, 6.45) is 1.77. The molecule has 1 aromatic rings. The Morgan fingerprint density at radius 1 is 1.38 bits per heavy atom. The van der Waals surface area contributed by atoms with Crippen LogP contribution in [0.4, 0.5) is 0 Å². The minimum atomic E-state index is -0.564. The minimum Gasteiger partial charge on any atom is -0.490 e. The van der Waals surface area contributed by atoms with E-state index in [0.29, 0.717) is 28.2 Å². The average molecular weight is 349 g/mol. The molecule has 0 atom stereocenters. The molecule has 1 aliphatic rings. The van der Waals surface area contributed by atoms with Gasteiger partial charge in [0.15, 0.2) is 23.3 Å². The maximum atomic E-state index is 12.2. The number of carbonyl (C=O) groups is 2. The number of amides is 2. The molecule has 1 fully saturated rings. The number of primary amides is 1. The first-order valence-electron chi connectivity index (χ1n) is 7.28. The number of rotatable bonds is 6. The Hall–Kier alpha value is -2.48. The summed E-state index contributed by atoms with van der Waals surface area (Å²) in [7, 11) is 3.33. The number of thioether (sulfide) groups is 1. The molecule has 1 aliphatic heterocycles. The molecule has 0 bridgehead atoms. The highest BCUT2D eigenvalue weighted by Crippen LogP contribution is 2.34. The van der Waals surface area contributed by atoms with Crippen LogP contribution in [0.2, 0.25) is 0 Å². The Bertz CT molecular complexity index is 715. The van der Waals surface area contributed by atoms with Crippen LogP contribution in [0.25, 0.3) is 6.08 Å². The van der Waals surface area contributed by atoms with Crippen molar-refractivity contribution in [2.24, 2.45) is 10.7 Å². The van der Waals surface area contributed by atoms with Gasteiger partial charge in [0.2, 0.25) is 0 Å². The fraction of sp³-hybridized carbons (Fsp3) is 0.312. The van der Waals surface area contributed by atoms with Crippen molar-refractivity contribution >= 4 is 34.8 Å². The van der Waals surface area contributed by atoms with Crippen LogP contribution in [-0.4, -0.2) is 49.2 Å². The number of hydrogen-bond donors (Lipinski definition) is 1. The van der Waals surface area contributed by atoms with E-state index >= 15 is 0 Å². The summed E-state index contributed by atoms with van der Waals surface area (Å²) in [5.41, 5.74) is 5.87. The number of amidine groups is 1. The van der Waals surface area contributed by atoms with Crippen LogP contribution in [0.5, 0.6) is 11.5 Å². The van der Waals surface area contributed by atoms with Crippen molar-refractivity contribution in [1.29, 1.82) is 0 Å². The lowest BCUT2D eigenvalue weighted by Crippen LogP contribution is -2.23. The van der Waals surface area contributed by atoms with Crippen LogP contribution in [0.1, 0.15) is 12.5 Å². The number of ether oxygens (including phenoxy) is 2. The number of nitrogens with two attached hydrogens (primary N) is 1. The first kappa shape index (κ1) is 17.9. The molecule has 0 radical (unpaired) electrons. The van der Waals surface area contributed by atoms with Crippen LogP contribution in [0, 0.1) is 0 Å². The molecule has 24 heavy (non-hydrogen) atoms. The summed E-state index contributed by atoms with van der Waals surface area (Å²) in [5.74, 6) is 0.246. The van der Waals surface area contributed by atoms with E-state index in [1.165, 1.54) is 16.7 Å². The van der Waals surface area contributed by atoms with Gasteiger partial charge in [-0.15, -0.1) is 0 Å². The van der Waals surface area contributed by atoms with E-state index in [2.05, 4.69) is 4.99 Å². The van der Waals surface area contributed by atoms with Crippen molar-refractivity contribution in [2.75, 3.05) is 27.3 Å². The summed E-state index contributed by atoms with van der Waals surface area (Å²) in [4.78, 5) is 29.2. The van der Waals surface area contributed by atoms with Gasteiger partial charge in [-0.2, -0.15) is 0 Å². The molecule has 1 saturated heterocycles. The molecule has 2 N–H and O–H groups in total. The molecule has 0 unspecified atom stereocenters. The predicted octanol–water partition coefficient (Wildman–Crippen LogP) is 1.48. The van der Waals surface area contributed by atoms with Crippen molar-refractivity contribution in [2.45, 2.75) is 6.92 Å². The maximum Gasteiger partial charge on any atom is 0.266 e. The van der Waals surface area contributed by atoms with Gasteiger partial charge in [-0.3, -0.25) is 19.5 Å². The fourth-order valence-corrected chi connectivity index (χ4v) is 2.98. The van der Waals surface area contributed by atoms with Gasteiger partial charge in [0.25, 0.3) is 11.8 Å². The number of aliphatic imine (C=N–C) groups is 1. The lowest BCUT2D eigenvalue weighted by molar-refractivity contribution is -0.121. The summed E-state index contributed by atoms with van der Waals surface area (Å²) >= 11 is 1.31. The number of hydrogen-bond acceptors (Lipinski definition) is 6. The Balaban J connectivity index is 2.28. The summed E-state index contributed by atoms with van der Waals surface area (Å²) < 4.78 is 10.9. The van der Waals surface area contributed by atoms with Gasteiger partial charge in [0.05, 0.1) is 11.5 Å². The van der Waals surface area contributed by atoms with E-state index in [1.807, 2.05) is 6.92 Å². The highest BCUT2D eigenvalue weighted by Gasteiger charge is 2.29. The molecule has 128 valence electrons. The first-order valence-corrected chi connectivity index (χ1v) is 8.10. The van der Waals surface area contributed by atoms with Crippen LogP contribution < -0.4 is 15.2 Å². The Labute approximate surface area is 144 Å². The van der Waals surface area contributed by atoms with E-state index in [1.54, 1.807) is 38.4 Å². The number of benzene rings is 1. The molecule has 7 nitrogen and oxygen atoms in total. The van der Waals surface area contributed by atoms with E-state index < -0.39 is 5.91 Å². The third kappa shape index (κ3) is 4.08. The first-order chi connectivity index (χ1) is 11.5. The van der Waals surface area contributed by atoms with Gasteiger partial charge in [0, 0.05) is 14.1 Å². The SMILES string of the molecule is CCOc1cc(/C=C2/SC(=NC)N(C)C2=O)ccc1OCC(N)=O. The molecule has 1 aromatic carbocycles. The van der Waals surface area contributed by atoms with E-state index in [9.17, 15) is 9.59 Å². The molecule has 2 rings (SSSR count). The fourth-order valence-electron chi connectivity index (χ4n) is 2.05. The van der Waals surface area contributed by atoms with Crippen molar-refractivity contribution in [1.82, 2.24) is 4.90 Å². The second kappa shape index (κ2) is 7.87. The van der Waals surface area contributed by atoms with Crippen LogP contribution in [-0.2, 0) is 9.59 Å². The maximum absolute atomic E-state index is 12.2. The van der Waals surface area contributed by atoms with Crippen LogP contribution >= 0.6 is 11.8 Å². The van der Waals surface area contributed by atoms with Gasteiger partial charge in [0.1, 0.15) is 0 Å². The molecule has 2 amide bonds. The van der Waals surface area contributed by atoms with E-state index in [-0.39, 0.29) is 12.5 Å². The molecule has 0 saturated carbocycles. The minimum absolute atomic E-state index is 0.104. The van der Waals surface area contributed by atoms with Crippen molar-refractivity contribution in [3.8, 4) is 11.5 Å². The normalized spacial score (nSPS) is 17.6. The highest BCUT2D eigenvalue weighted by atomic mass is 32.2. The third-order valence-electron chi connectivity index (χ3n) is 3.13. The zero-order valence-corrected chi connectivity index (χ0v) is 14.6. The van der Waals surface area contributed by atoms with Crippen molar-refractivity contribution in [3.63, 3.8) is 0 Å². The second-order valence-electron chi connectivity index (χ2n) is 4.88. The molecule has 0 spiro atoms. The predicted molar refractivity (Wildman–Crippen MR) is 94.0 cm³/mol. The summed E-state index contributed by atoms with van der Waals surface area (Å²) in [6.45, 7) is 2.06. The molecular weight excluding hydrogens is 330 g/mol. The Morgan fingerprint density at radius 3 is 2.71 bits per heavy atom. The zero-order valence-electron chi connectivity index (χ0n) is 13.7. The van der Waals surface area contributed by atoms with Gasteiger partial charge >= 0.3 is 0 Å². The number of carbonyl (C=O) groups excluding carboxylic acids is 2. The molecular formula is C16H19N3O4S. The Morgan fingerprint density at radius 2 is 2.12 bits per heavy atom. The lowest BCUT2D eigenvalue weighted by atomic mass is 10.2. The van der Waals surface area contributed by atoms with Gasteiger partial charge in [-0.1, -0.05) is 6.07 Å². The highest BCUT2D eigenvalue weighted by molar-refractivity contribution is 8.18. The molecule has 0 aromatic heterocycles. The smallest absolute Gasteiger partial charge is 0.266 e. The number of likely N-dealkylation sites (N-methyl/N-ethyl adjacent to an activating group) is 1. The summed E-state index contributed by atoms with van der Waals surface area (Å²) in [6, 6.07) is 5.21. The molecule has 8 heteroatoms. The van der Waals surface area contributed by atoms with Crippen molar-refractivity contribution in [3.05, 3.63) is 28.7 Å². The quantitative estimate of drug-likeness (QED) is 0.785. The zero-order chi connectivity index (χ0) is 17.7. The largest absolute Gasteiger partial charge is 0.490 e. The van der Waals surface area contributed by atoms with Crippen LogP contribution in [0.3, 0.4) is 0 Å². The number of nitrogens with zero attached hydrogens (tertiary/aromatic N) is 2. The monoisotopic (exact) mass is 349 g/mol. The van der Waals surface area contributed by atoms with Crippen LogP contribution in [0.15, 0.2) is 28.1 Å². The Kier molecular flexibility index (Phi) is 5.86. The molecule has 1 heterocycles. The van der Waals surface area contributed by atoms with Gasteiger partial charge < -0.3 is 15.2 Å². The van der Waals surface area contributed by atoms with Gasteiger partial charge in [-0.25, -0.2) is 0 Å². The third-order valence-corrected chi connectivity index (χ3v) is 4.28. The second-order valence-corrected chi connectivity index (χ2v) is 5.88.